The number of benzene rings is 12. The van der Waals surface area contributed by atoms with Gasteiger partial charge in [-0.1, -0.05) is 192 Å². The second kappa shape index (κ2) is 18.2. The Balaban J connectivity index is 1.12. The lowest BCUT2D eigenvalue weighted by molar-refractivity contribution is 1.25. The van der Waals surface area contributed by atoms with Crippen molar-refractivity contribution in [3.63, 3.8) is 0 Å². The van der Waals surface area contributed by atoms with Gasteiger partial charge in [0.25, 0.3) is 0 Å². The van der Waals surface area contributed by atoms with Crippen LogP contribution < -0.4 is 9.80 Å². The van der Waals surface area contributed by atoms with E-state index in [0.717, 1.165) is 34.1 Å². The Kier molecular flexibility index (Phi) is 11.3. The van der Waals surface area contributed by atoms with Crippen LogP contribution in [0.4, 0.5) is 34.1 Å². The predicted octanol–water partition coefficient (Wildman–Crippen LogP) is 20.0. The monoisotopic (exact) mass is 924 g/mol. The first-order valence-electron chi connectivity index (χ1n) is 25.1. The Hall–Kier alpha value is -8.72. The summed E-state index contributed by atoms with van der Waals surface area (Å²) in [4.78, 5) is 5.02. The van der Waals surface area contributed by atoms with Gasteiger partial charge in [0.05, 0.1) is 11.4 Å². The highest BCUT2D eigenvalue weighted by Gasteiger charge is 2.25. The molecular weight excluding hydrogens is 869 g/mol. The number of rotatable bonds is 10. The maximum absolute atomic E-state index is 2.51. The molecule has 72 heavy (non-hydrogen) atoms. The van der Waals surface area contributed by atoms with Crippen LogP contribution in [0.3, 0.4) is 0 Å². The summed E-state index contributed by atoms with van der Waals surface area (Å²) in [6, 6.07) is 86.1. The quantitative estimate of drug-likeness (QED) is 0.126. The van der Waals surface area contributed by atoms with Gasteiger partial charge in [-0.05, 0) is 179 Å². The van der Waals surface area contributed by atoms with Gasteiger partial charge in [-0.2, -0.15) is 0 Å². The maximum Gasteiger partial charge on any atom is 0.0540 e. The highest BCUT2D eigenvalue weighted by atomic mass is 15.2. The second-order valence-electron chi connectivity index (χ2n) is 19.8. The average Bonchev–Trinajstić information content (AvgIpc) is 3.40. The lowest BCUT2D eigenvalue weighted by Gasteiger charge is -2.31. The van der Waals surface area contributed by atoms with Gasteiger partial charge in [0.15, 0.2) is 0 Å². The number of hydrogen-bond donors (Lipinski definition) is 0. The van der Waals surface area contributed by atoms with E-state index in [4.69, 9.17) is 0 Å². The molecule has 0 saturated heterocycles. The van der Waals surface area contributed by atoms with E-state index in [-0.39, 0.29) is 0 Å². The van der Waals surface area contributed by atoms with Crippen molar-refractivity contribution >= 4 is 66.4 Å². The molecular formula is C70H56N2. The van der Waals surface area contributed by atoms with Crippen LogP contribution in [0.2, 0.25) is 0 Å². The minimum absolute atomic E-state index is 1.11. The van der Waals surface area contributed by atoms with Crippen LogP contribution in [0.1, 0.15) is 33.4 Å². The summed E-state index contributed by atoms with van der Waals surface area (Å²) in [6.07, 6.45) is 0. The Morgan fingerprint density at radius 1 is 0.236 bits per heavy atom. The largest absolute Gasteiger partial charge is 0.310 e. The molecule has 0 fully saturated rings. The van der Waals surface area contributed by atoms with Gasteiger partial charge in [0.1, 0.15) is 0 Å². The molecule has 2 nitrogen and oxygen atoms in total. The third-order valence-corrected chi connectivity index (χ3v) is 14.6. The topological polar surface area (TPSA) is 6.48 Å². The predicted molar refractivity (Wildman–Crippen MR) is 310 cm³/mol. The van der Waals surface area contributed by atoms with E-state index >= 15 is 0 Å². The molecule has 2 heteroatoms. The van der Waals surface area contributed by atoms with Gasteiger partial charge < -0.3 is 9.80 Å². The summed E-state index contributed by atoms with van der Waals surface area (Å²) in [6.45, 7) is 13.2. The molecule has 0 bridgehead atoms. The highest BCUT2D eigenvalue weighted by molar-refractivity contribution is 6.28. The molecule has 0 aliphatic carbocycles. The van der Waals surface area contributed by atoms with Crippen LogP contribution in [-0.4, -0.2) is 0 Å². The average molecular weight is 925 g/mol. The SMILES string of the molecule is Cc1ccc(-c2cc(-c3ccccc3)cc(N(c3ccc(C)cc3C)c3ccc4ccc5c(N(c6cc(-c7ccccc7)cc(-c7ccc(C)cc7)c6)c6ccc(C)cc6C)ccc6ccc3c4c65)c2)cc1. The van der Waals surface area contributed by atoms with Gasteiger partial charge >= 0.3 is 0 Å². The zero-order valence-electron chi connectivity index (χ0n) is 41.8. The van der Waals surface area contributed by atoms with E-state index in [1.807, 2.05) is 0 Å². The van der Waals surface area contributed by atoms with Crippen molar-refractivity contribution in [2.45, 2.75) is 41.5 Å². The summed E-state index contributed by atoms with van der Waals surface area (Å²) in [7, 11) is 0. The molecule has 0 amide bonds. The lowest BCUT2D eigenvalue weighted by Crippen LogP contribution is -2.13. The second-order valence-corrected chi connectivity index (χ2v) is 19.8. The molecule has 0 aromatic heterocycles. The van der Waals surface area contributed by atoms with E-state index in [1.54, 1.807) is 0 Å². The normalized spacial score (nSPS) is 11.5. The van der Waals surface area contributed by atoms with Gasteiger partial charge in [-0.3, -0.25) is 0 Å². The van der Waals surface area contributed by atoms with E-state index in [9.17, 15) is 0 Å². The van der Waals surface area contributed by atoms with Crippen molar-refractivity contribution < 1.29 is 0 Å². The first kappa shape index (κ1) is 44.5. The van der Waals surface area contributed by atoms with E-state index in [0.29, 0.717) is 0 Å². The van der Waals surface area contributed by atoms with Gasteiger partial charge in [-0.25, -0.2) is 0 Å². The van der Waals surface area contributed by atoms with Crippen molar-refractivity contribution in [2.75, 3.05) is 9.80 Å². The fourth-order valence-electron chi connectivity index (χ4n) is 11.0. The highest BCUT2D eigenvalue weighted by Crippen LogP contribution is 2.50. The number of anilines is 6. The van der Waals surface area contributed by atoms with E-state index < -0.39 is 0 Å². The van der Waals surface area contributed by atoms with Crippen molar-refractivity contribution in [3.8, 4) is 44.5 Å². The van der Waals surface area contributed by atoms with Crippen LogP contribution in [0.15, 0.2) is 231 Å². The van der Waals surface area contributed by atoms with Crippen molar-refractivity contribution in [1.82, 2.24) is 0 Å². The molecule has 0 aliphatic rings. The molecule has 0 saturated carbocycles. The van der Waals surface area contributed by atoms with E-state index in [1.165, 1.54) is 110 Å². The molecule has 12 rings (SSSR count). The Bertz CT molecular complexity index is 3700. The molecule has 0 unspecified atom stereocenters. The summed E-state index contributed by atoms with van der Waals surface area (Å²) < 4.78 is 0. The summed E-state index contributed by atoms with van der Waals surface area (Å²) >= 11 is 0. The van der Waals surface area contributed by atoms with Crippen LogP contribution in [0.25, 0.3) is 76.8 Å². The molecule has 12 aromatic carbocycles. The van der Waals surface area contributed by atoms with Crippen LogP contribution in [0, 0.1) is 41.5 Å². The number of aryl methyl sites for hydroxylation is 6. The van der Waals surface area contributed by atoms with Crippen LogP contribution in [0.5, 0.6) is 0 Å². The number of hydrogen-bond acceptors (Lipinski definition) is 2. The van der Waals surface area contributed by atoms with E-state index in [2.05, 4.69) is 282 Å². The minimum atomic E-state index is 1.11. The standard InChI is InChI=1S/C70H56N2/c1-45-17-23-53(24-18-45)59-39-57(51-13-9-7-10-14-51)41-61(43-59)71(65-33-21-47(3)37-49(65)5)67-35-29-55-28-32-64-68(36-30-56-27-31-63(67)69(55)70(56)64)72(66-34-22-48(4)38-50(66)6)62-42-58(52-15-11-8-12-16-52)40-60(44-62)54-25-19-46(2)20-26-54/h7-44H,1-6H3. The summed E-state index contributed by atoms with van der Waals surface area (Å²) in [5, 5.41) is 7.36. The van der Waals surface area contributed by atoms with Gasteiger partial charge in [0.2, 0.25) is 0 Å². The summed E-state index contributed by atoms with van der Waals surface area (Å²) in [5.74, 6) is 0. The molecule has 0 N–H and O–H groups in total. The van der Waals surface area contributed by atoms with Crippen LogP contribution >= 0.6 is 0 Å². The first-order valence-corrected chi connectivity index (χ1v) is 25.1. The van der Waals surface area contributed by atoms with Gasteiger partial charge in [-0.15, -0.1) is 0 Å². The third kappa shape index (κ3) is 8.15. The molecule has 346 valence electrons. The Labute approximate surface area is 424 Å². The molecule has 0 spiro atoms. The smallest absolute Gasteiger partial charge is 0.0540 e. The number of nitrogens with zero attached hydrogens (tertiary/aromatic N) is 2. The summed E-state index contributed by atoms with van der Waals surface area (Å²) in [5.41, 5.74) is 23.7. The van der Waals surface area contributed by atoms with Gasteiger partial charge in [0, 0.05) is 33.5 Å². The Morgan fingerprint density at radius 3 is 0.917 bits per heavy atom. The van der Waals surface area contributed by atoms with Crippen molar-refractivity contribution in [1.29, 1.82) is 0 Å². The lowest BCUT2D eigenvalue weighted by atomic mass is 9.91. The molecule has 0 aliphatic heterocycles. The zero-order valence-corrected chi connectivity index (χ0v) is 41.8. The molecule has 12 aromatic rings. The maximum atomic E-state index is 2.51. The third-order valence-electron chi connectivity index (χ3n) is 14.6. The zero-order chi connectivity index (χ0) is 49.0. The van der Waals surface area contributed by atoms with Crippen LogP contribution in [-0.2, 0) is 0 Å². The Morgan fingerprint density at radius 2 is 0.556 bits per heavy atom. The molecule has 0 radical (unpaired) electrons. The fraction of sp³-hybridized carbons (Fsp3) is 0.0857. The van der Waals surface area contributed by atoms with Crippen molar-refractivity contribution in [2.24, 2.45) is 0 Å². The molecule has 0 atom stereocenters. The minimum Gasteiger partial charge on any atom is -0.310 e. The van der Waals surface area contributed by atoms with Crippen molar-refractivity contribution in [3.05, 3.63) is 264 Å². The first-order chi connectivity index (χ1) is 35.1. The fourth-order valence-corrected chi connectivity index (χ4v) is 11.0. The molecule has 0 heterocycles.